The van der Waals surface area contributed by atoms with E-state index in [1.165, 1.54) is 0 Å². The topological polar surface area (TPSA) is 114 Å². The highest BCUT2D eigenvalue weighted by atomic mass is 16.6. The van der Waals surface area contributed by atoms with Crippen LogP contribution in [0, 0.1) is 10.8 Å². The van der Waals surface area contributed by atoms with Crippen LogP contribution in [-0.4, -0.2) is 63.5 Å². The first kappa shape index (κ1) is 31.8. The second-order valence-electron chi connectivity index (χ2n) is 9.40. The molecule has 198 valence electrons. The lowest BCUT2D eigenvalue weighted by Gasteiger charge is -2.33. The van der Waals surface area contributed by atoms with Gasteiger partial charge in [-0.2, -0.15) is 0 Å². The molecule has 0 bridgehead atoms. The van der Waals surface area contributed by atoms with Gasteiger partial charge in [-0.15, -0.1) is 0 Å². The van der Waals surface area contributed by atoms with Crippen molar-refractivity contribution >= 4 is 23.9 Å². The molecule has 0 saturated carbocycles. The molecular formula is C25H44O9. The van der Waals surface area contributed by atoms with Crippen LogP contribution in [-0.2, 0) is 42.9 Å². The number of carbonyl (C=O) groups excluding carboxylic acids is 4. The Morgan fingerprint density at radius 3 is 1.29 bits per heavy atom. The Morgan fingerprint density at radius 1 is 0.529 bits per heavy atom. The Morgan fingerprint density at radius 2 is 0.912 bits per heavy atom. The molecule has 0 saturated heterocycles. The highest BCUT2D eigenvalue weighted by Crippen LogP contribution is 2.24. The summed E-state index contributed by atoms with van der Waals surface area (Å²) in [6.45, 7) is 11.1. The van der Waals surface area contributed by atoms with Crippen molar-refractivity contribution < 1.29 is 42.9 Å². The standard InChI is InChI=1S/C25H44O9/c1-7-11-21(27)31-15-24(5,6)14-30-16-25(17-32-20(26)10-4,18-33-22(28)12-8-2)19-34-23(29)13-9-3/h7-19H2,1-6H3. The first-order chi connectivity index (χ1) is 16.0. The van der Waals surface area contributed by atoms with Crippen molar-refractivity contribution in [1.29, 1.82) is 0 Å². The van der Waals surface area contributed by atoms with E-state index >= 15 is 0 Å². The summed E-state index contributed by atoms with van der Waals surface area (Å²) in [6.07, 6.45) is 3.00. The maximum absolute atomic E-state index is 12.0. The molecule has 0 aromatic rings. The number of ether oxygens (including phenoxy) is 5. The molecule has 0 aliphatic rings. The quantitative estimate of drug-likeness (QED) is 0.196. The monoisotopic (exact) mass is 488 g/mol. The Balaban J connectivity index is 5.37. The normalized spacial score (nSPS) is 11.6. The van der Waals surface area contributed by atoms with Gasteiger partial charge in [0.2, 0.25) is 0 Å². The van der Waals surface area contributed by atoms with Crippen molar-refractivity contribution in [1.82, 2.24) is 0 Å². The van der Waals surface area contributed by atoms with Gasteiger partial charge in [0.1, 0.15) is 19.8 Å². The summed E-state index contributed by atoms with van der Waals surface area (Å²) in [4.78, 5) is 47.6. The van der Waals surface area contributed by atoms with Crippen molar-refractivity contribution in [3.05, 3.63) is 0 Å². The summed E-state index contributed by atoms with van der Waals surface area (Å²) in [5, 5.41) is 0. The third-order valence-corrected chi connectivity index (χ3v) is 4.79. The Labute approximate surface area is 204 Å². The zero-order valence-corrected chi connectivity index (χ0v) is 21.9. The van der Waals surface area contributed by atoms with Crippen LogP contribution in [0.1, 0.15) is 86.5 Å². The molecule has 0 N–H and O–H groups in total. The first-order valence-corrected chi connectivity index (χ1v) is 12.2. The smallest absolute Gasteiger partial charge is 0.305 e. The lowest BCUT2D eigenvalue weighted by atomic mass is 9.91. The van der Waals surface area contributed by atoms with Gasteiger partial charge >= 0.3 is 23.9 Å². The summed E-state index contributed by atoms with van der Waals surface area (Å²) in [6, 6.07) is 0. The predicted molar refractivity (Wildman–Crippen MR) is 126 cm³/mol. The molecule has 9 nitrogen and oxygen atoms in total. The zero-order valence-electron chi connectivity index (χ0n) is 21.9. The van der Waals surface area contributed by atoms with Gasteiger partial charge in [-0.05, 0) is 19.3 Å². The summed E-state index contributed by atoms with van der Waals surface area (Å²) >= 11 is 0. The minimum atomic E-state index is -1.06. The third kappa shape index (κ3) is 14.9. The molecule has 0 atom stereocenters. The van der Waals surface area contributed by atoms with E-state index in [1.54, 1.807) is 6.92 Å². The second kappa shape index (κ2) is 17.3. The van der Waals surface area contributed by atoms with Crippen LogP contribution in [0.3, 0.4) is 0 Å². The summed E-state index contributed by atoms with van der Waals surface area (Å²) in [7, 11) is 0. The zero-order chi connectivity index (χ0) is 26.0. The van der Waals surface area contributed by atoms with Crippen LogP contribution in [0.25, 0.3) is 0 Å². The molecule has 0 aliphatic carbocycles. The molecule has 0 fully saturated rings. The van der Waals surface area contributed by atoms with E-state index in [0.717, 1.165) is 0 Å². The molecule has 0 unspecified atom stereocenters. The molecule has 34 heavy (non-hydrogen) atoms. The van der Waals surface area contributed by atoms with Gasteiger partial charge in [0.15, 0.2) is 0 Å². The molecule has 0 heterocycles. The fourth-order valence-corrected chi connectivity index (χ4v) is 2.74. The molecule has 0 aromatic heterocycles. The van der Waals surface area contributed by atoms with Crippen LogP contribution < -0.4 is 0 Å². The third-order valence-electron chi connectivity index (χ3n) is 4.79. The van der Waals surface area contributed by atoms with Crippen LogP contribution in [0.15, 0.2) is 0 Å². The van der Waals surface area contributed by atoms with E-state index in [4.69, 9.17) is 23.7 Å². The molecule has 0 amide bonds. The molecule has 0 radical (unpaired) electrons. The van der Waals surface area contributed by atoms with Gasteiger partial charge < -0.3 is 23.7 Å². The van der Waals surface area contributed by atoms with Crippen LogP contribution in [0.2, 0.25) is 0 Å². The summed E-state index contributed by atoms with van der Waals surface area (Å²) < 4.78 is 27.5. The number of esters is 4. The number of hydrogen-bond donors (Lipinski definition) is 0. The van der Waals surface area contributed by atoms with Gasteiger partial charge in [0.25, 0.3) is 0 Å². The average Bonchev–Trinajstić information content (AvgIpc) is 2.78. The molecule has 9 heteroatoms. The number of carbonyl (C=O) groups is 4. The fraction of sp³-hybridized carbons (Fsp3) is 0.840. The Hall–Kier alpha value is -2.16. The Bertz CT molecular complexity index is 606. The molecule has 0 aromatic carbocycles. The minimum absolute atomic E-state index is 0.00907. The second-order valence-corrected chi connectivity index (χ2v) is 9.40. The Kier molecular flexibility index (Phi) is 16.2. The highest BCUT2D eigenvalue weighted by Gasteiger charge is 2.37. The van der Waals surface area contributed by atoms with Crippen molar-refractivity contribution in [3.8, 4) is 0 Å². The van der Waals surface area contributed by atoms with Gasteiger partial charge in [0, 0.05) is 31.1 Å². The van der Waals surface area contributed by atoms with Crippen molar-refractivity contribution in [2.75, 3.05) is 39.6 Å². The average molecular weight is 489 g/mol. The molecule has 0 spiro atoms. The van der Waals surface area contributed by atoms with Crippen LogP contribution >= 0.6 is 0 Å². The number of hydrogen-bond acceptors (Lipinski definition) is 9. The summed E-state index contributed by atoms with van der Waals surface area (Å²) in [5.74, 6) is -1.47. The molecular weight excluding hydrogens is 444 g/mol. The molecule has 0 aliphatic heterocycles. The maximum Gasteiger partial charge on any atom is 0.305 e. The highest BCUT2D eigenvalue weighted by molar-refractivity contribution is 5.70. The van der Waals surface area contributed by atoms with E-state index in [-0.39, 0.29) is 64.9 Å². The van der Waals surface area contributed by atoms with E-state index < -0.39 is 28.7 Å². The molecule has 0 rings (SSSR count). The lowest BCUT2D eigenvalue weighted by Crippen LogP contribution is -2.44. The predicted octanol–water partition coefficient (Wildman–Crippen LogP) is 4.00. The minimum Gasteiger partial charge on any atom is -0.465 e. The van der Waals surface area contributed by atoms with E-state index in [1.807, 2.05) is 34.6 Å². The van der Waals surface area contributed by atoms with E-state index in [2.05, 4.69) is 0 Å². The van der Waals surface area contributed by atoms with Gasteiger partial charge in [0.05, 0.1) is 25.2 Å². The maximum atomic E-state index is 12.0. The van der Waals surface area contributed by atoms with Crippen molar-refractivity contribution in [2.24, 2.45) is 10.8 Å². The van der Waals surface area contributed by atoms with Crippen molar-refractivity contribution in [3.63, 3.8) is 0 Å². The van der Waals surface area contributed by atoms with Gasteiger partial charge in [-0.3, -0.25) is 19.2 Å². The summed E-state index contributed by atoms with van der Waals surface area (Å²) in [5.41, 5.74) is -1.54. The van der Waals surface area contributed by atoms with E-state index in [9.17, 15) is 19.2 Å². The van der Waals surface area contributed by atoms with Gasteiger partial charge in [-0.25, -0.2) is 0 Å². The van der Waals surface area contributed by atoms with Gasteiger partial charge in [-0.1, -0.05) is 41.5 Å². The first-order valence-electron chi connectivity index (χ1n) is 12.2. The lowest BCUT2D eigenvalue weighted by molar-refractivity contribution is -0.168. The fourth-order valence-electron chi connectivity index (χ4n) is 2.74. The number of rotatable bonds is 19. The largest absolute Gasteiger partial charge is 0.465 e. The van der Waals surface area contributed by atoms with Crippen molar-refractivity contribution in [2.45, 2.75) is 86.5 Å². The van der Waals surface area contributed by atoms with E-state index in [0.29, 0.717) is 25.7 Å². The van der Waals surface area contributed by atoms with Crippen LogP contribution in [0.4, 0.5) is 0 Å². The van der Waals surface area contributed by atoms with Crippen LogP contribution in [0.5, 0.6) is 0 Å². The SMILES string of the molecule is CCCC(=O)OCC(C)(C)COCC(COC(=O)CC)(COC(=O)CCC)COC(=O)CCC.